The van der Waals surface area contributed by atoms with Crippen molar-refractivity contribution in [2.45, 2.75) is 58.1 Å². The number of nitrogens with one attached hydrogen (secondary N) is 3. The van der Waals surface area contributed by atoms with Crippen LogP contribution in [0.25, 0.3) is 0 Å². The molecule has 10 nitrogen and oxygen atoms in total. The Labute approximate surface area is 230 Å². The number of hydrogen-bond acceptors (Lipinski definition) is 7. The van der Waals surface area contributed by atoms with Gasteiger partial charge in [0.25, 0.3) is 5.91 Å². The van der Waals surface area contributed by atoms with Crippen molar-refractivity contribution >= 4 is 24.0 Å². The molecule has 1 aromatic carbocycles. The number of aryl methyl sites for hydroxylation is 1. The molecule has 2 aliphatic rings. The highest BCUT2D eigenvalue weighted by atomic mass is 16.6. The Morgan fingerprint density at radius 1 is 1.15 bits per heavy atom. The number of amides is 3. The lowest BCUT2D eigenvalue weighted by atomic mass is 9.94. The molecule has 2 heterocycles. The molecule has 10 heteroatoms. The van der Waals surface area contributed by atoms with Crippen molar-refractivity contribution < 1.29 is 28.7 Å². The highest BCUT2D eigenvalue weighted by Crippen LogP contribution is 2.29. The summed E-state index contributed by atoms with van der Waals surface area (Å²) in [6, 6.07) is 11.0. The van der Waals surface area contributed by atoms with Gasteiger partial charge in [0.2, 0.25) is 12.3 Å². The lowest BCUT2D eigenvalue weighted by molar-refractivity contribution is -0.128. The highest BCUT2D eigenvalue weighted by molar-refractivity contribution is 5.94. The van der Waals surface area contributed by atoms with Gasteiger partial charge in [0.15, 0.2) is 5.78 Å². The fourth-order valence-electron chi connectivity index (χ4n) is 4.08. The Bertz CT molecular complexity index is 1020. The molecule has 2 fully saturated rings. The minimum atomic E-state index is -0.475. The maximum Gasteiger partial charge on any atom is 0.252 e. The third-order valence-electron chi connectivity index (χ3n) is 6.24. The van der Waals surface area contributed by atoms with Crippen LogP contribution < -0.4 is 20.7 Å². The van der Waals surface area contributed by atoms with E-state index in [1.807, 2.05) is 31.2 Å². The predicted octanol–water partition coefficient (Wildman–Crippen LogP) is 2.60. The normalized spacial score (nSPS) is 16.2. The second-order valence-electron chi connectivity index (χ2n) is 9.35. The maximum absolute atomic E-state index is 12.1. The quantitative estimate of drug-likeness (QED) is 0.294. The molecule has 1 aliphatic carbocycles. The summed E-state index contributed by atoms with van der Waals surface area (Å²) in [6.45, 7) is 4.95. The number of nitrogens with zero attached hydrogens (tertiary/aromatic N) is 1. The van der Waals surface area contributed by atoms with E-state index in [0.717, 1.165) is 18.6 Å². The summed E-state index contributed by atoms with van der Waals surface area (Å²) >= 11 is 0. The lowest BCUT2D eigenvalue weighted by Crippen LogP contribution is -2.46. The average Bonchev–Trinajstić information content (AvgIpc) is 3.69. The first-order chi connectivity index (χ1) is 18.9. The Morgan fingerprint density at radius 3 is 2.38 bits per heavy atom. The zero-order valence-electron chi connectivity index (χ0n) is 23.0. The molecule has 2 atom stereocenters. The number of epoxide rings is 1. The summed E-state index contributed by atoms with van der Waals surface area (Å²) in [5, 5.41) is 7.69. The summed E-state index contributed by atoms with van der Waals surface area (Å²) < 4.78 is 9.97. The van der Waals surface area contributed by atoms with Gasteiger partial charge in [-0.1, -0.05) is 43.4 Å². The number of pyridine rings is 1. The van der Waals surface area contributed by atoms with Crippen LogP contribution in [-0.4, -0.2) is 67.9 Å². The number of carbonyl (C=O) groups is 4. The van der Waals surface area contributed by atoms with E-state index in [4.69, 9.17) is 9.47 Å². The smallest absolute Gasteiger partial charge is 0.252 e. The molecule has 1 saturated heterocycles. The molecule has 1 saturated carbocycles. The first kappa shape index (κ1) is 31.4. The molecule has 4 rings (SSSR count). The number of carbonyl (C=O) groups excluding carboxylic acids is 4. The molecule has 0 bridgehead atoms. The number of ketones is 1. The molecular formula is C29H40N4O6. The van der Waals surface area contributed by atoms with E-state index in [1.54, 1.807) is 31.6 Å². The van der Waals surface area contributed by atoms with Crippen LogP contribution in [0.3, 0.4) is 0 Å². The van der Waals surface area contributed by atoms with Gasteiger partial charge in [-0.25, -0.2) is 0 Å². The summed E-state index contributed by atoms with van der Waals surface area (Å²) in [7, 11) is 1.67. The molecule has 2 aromatic rings. The summed E-state index contributed by atoms with van der Waals surface area (Å²) in [4.78, 5) is 48.7. The highest BCUT2D eigenvalue weighted by Gasteiger charge is 2.38. The topological polar surface area (TPSA) is 139 Å². The van der Waals surface area contributed by atoms with Gasteiger partial charge in [-0.05, 0) is 50.5 Å². The zero-order chi connectivity index (χ0) is 28.5. The van der Waals surface area contributed by atoms with Crippen LogP contribution in [0.15, 0.2) is 48.8 Å². The van der Waals surface area contributed by atoms with Crippen LogP contribution in [0.2, 0.25) is 0 Å². The molecule has 0 spiro atoms. The van der Waals surface area contributed by atoms with Crippen LogP contribution >= 0.6 is 0 Å². The monoisotopic (exact) mass is 540 g/mol. The van der Waals surface area contributed by atoms with Crippen molar-refractivity contribution in [3.63, 3.8) is 0 Å². The Balaban J connectivity index is 0.000000226. The average molecular weight is 541 g/mol. The third kappa shape index (κ3) is 12.5. The molecular weight excluding hydrogens is 500 g/mol. The first-order valence-corrected chi connectivity index (χ1v) is 13.3. The van der Waals surface area contributed by atoms with E-state index >= 15 is 0 Å². The van der Waals surface area contributed by atoms with Gasteiger partial charge in [0, 0.05) is 18.9 Å². The van der Waals surface area contributed by atoms with Gasteiger partial charge in [-0.3, -0.25) is 24.2 Å². The number of ether oxygens (including phenoxy) is 2. The molecule has 0 radical (unpaired) electrons. The minimum absolute atomic E-state index is 0.0358. The molecule has 39 heavy (non-hydrogen) atoms. The predicted molar refractivity (Wildman–Crippen MR) is 147 cm³/mol. The van der Waals surface area contributed by atoms with Crippen molar-refractivity contribution in [2.24, 2.45) is 5.92 Å². The molecule has 3 N–H and O–H groups in total. The molecule has 212 valence electrons. The summed E-state index contributed by atoms with van der Waals surface area (Å²) in [5.41, 5.74) is 1.87. The fraction of sp³-hybridized carbons (Fsp3) is 0.483. The number of aromatic nitrogens is 1. The first-order valence-electron chi connectivity index (χ1n) is 13.3. The Hall–Kier alpha value is -3.79. The van der Waals surface area contributed by atoms with Gasteiger partial charge in [-0.15, -0.1) is 0 Å². The van der Waals surface area contributed by atoms with E-state index < -0.39 is 6.04 Å². The largest absolute Gasteiger partial charge is 0.497 e. The van der Waals surface area contributed by atoms with Gasteiger partial charge in [-0.2, -0.15) is 0 Å². The Morgan fingerprint density at radius 2 is 1.85 bits per heavy atom. The van der Waals surface area contributed by atoms with Crippen LogP contribution in [-0.2, 0) is 19.1 Å². The van der Waals surface area contributed by atoms with Crippen molar-refractivity contribution in [3.8, 4) is 5.75 Å². The Kier molecular flexibility index (Phi) is 14.2. The van der Waals surface area contributed by atoms with E-state index in [-0.39, 0.29) is 30.2 Å². The number of benzene rings is 1. The number of hydrogen-bond donors (Lipinski definition) is 3. The van der Waals surface area contributed by atoms with E-state index in [2.05, 4.69) is 27.9 Å². The summed E-state index contributed by atoms with van der Waals surface area (Å²) in [6.07, 6.45) is 8.65. The van der Waals surface area contributed by atoms with Gasteiger partial charge in [0.1, 0.15) is 11.9 Å². The van der Waals surface area contributed by atoms with E-state index in [0.29, 0.717) is 37.5 Å². The molecule has 1 aromatic heterocycles. The lowest BCUT2D eigenvalue weighted by Gasteiger charge is -2.20. The van der Waals surface area contributed by atoms with Crippen molar-refractivity contribution in [3.05, 3.63) is 59.9 Å². The maximum atomic E-state index is 12.1. The second kappa shape index (κ2) is 17.7. The van der Waals surface area contributed by atoms with Crippen LogP contribution in [0.5, 0.6) is 5.75 Å². The van der Waals surface area contributed by atoms with Crippen LogP contribution in [0, 0.1) is 12.8 Å². The van der Waals surface area contributed by atoms with Gasteiger partial charge < -0.3 is 25.4 Å². The fourth-order valence-corrected chi connectivity index (χ4v) is 4.08. The molecule has 3 amide bonds. The zero-order valence-corrected chi connectivity index (χ0v) is 23.0. The molecule has 2 unspecified atom stereocenters. The molecule has 1 aliphatic heterocycles. The summed E-state index contributed by atoms with van der Waals surface area (Å²) in [5.74, 6) is 0.990. The van der Waals surface area contributed by atoms with Gasteiger partial charge in [0.05, 0.1) is 31.9 Å². The number of methoxy groups -OCH3 is 1. The standard InChI is InChI=1S/C13H20N2O4.C8H10N2O.C8H10O/c16-8-14-6-12(17)15-10(13(18)11-7-19-11)5-9-3-1-2-4-9;1-2-10-8(11)7-4-3-5-9-6-7;1-7-3-5-8(9-2)6-4-7/h8-11H,1-7H2,(H,14,16)(H,15,17);3-6H,2H2,1H3,(H,10,11);3-6H,1-2H3. The van der Waals surface area contributed by atoms with Crippen LogP contribution in [0.1, 0.15) is 54.9 Å². The SMILES string of the molecule is CCNC(=O)c1cccnc1.COc1ccc(C)cc1.O=CNCC(=O)NC(CC1CCCC1)C(=O)C1CO1. The number of Topliss-reactive ketones (excluding diaryl/α,β-unsaturated/α-hetero) is 1. The second-order valence-corrected chi connectivity index (χ2v) is 9.35. The van der Waals surface area contributed by atoms with Gasteiger partial charge >= 0.3 is 0 Å². The van der Waals surface area contributed by atoms with Crippen LogP contribution in [0.4, 0.5) is 0 Å². The van der Waals surface area contributed by atoms with Crippen molar-refractivity contribution in [1.29, 1.82) is 0 Å². The minimum Gasteiger partial charge on any atom is -0.497 e. The third-order valence-corrected chi connectivity index (χ3v) is 6.24. The van der Waals surface area contributed by atoms with E-state index in [1.165, 1.54) is 18.4 Å². The van der Waals surface area contributed by atoms with Crippen molar-refractivity contribution in [1.82, 2.24) is 20.9 Å². The van der Waals surface area contributed by atoms with E-state index in [9.17, 15) is 19.2 Å². The number of rotatable bonds is 11. The van der Waals surface area contributed by atoms with Crippen molar-refractivity contribution in [2.75, 3.05) is 26.8 Å².